The van der Waals surface area contributed by atoms with Gasteiger partial charge in [-0.05, 0) is 56.2 Å². The fourth-order valence-electron chi connectivity index (χ4n) is 3.12. The molecule has 28 heavy (non-hydrogen) atoms. The minimum Gasteiger partial charge on any atom is -0.350 e. The van der Waals surface area contributed by atoms with E-state index in [0.717, 1.165) is 31.4 Å². The number of carbonyl (C=O) groups is 1. The minimum absolute atomic E-state index is 0.0392. The maximum atomic E-state index is 12.3. The van der Waals surface area contributed by atoms with Gasteiger partial charge in [0.1, 0.15) is 0 Å². The molecule has 152 valence electrons. The van der Waals surface area contributed by atoms with Crippen LogP contribution in [0.3, 0.4) is 0 Å². The van der Waals surface area contributed by atoms with Crippen LogP contribution in [0.1, 0.15) is 73.5 Å². The summed E-state index contributed by atoms with van der Waals surface area (Å²) >= 11 is 0. The summed E-state index contributed by atoms with van der Waals surface area (Å²) in [5.74, 6) is -0.0392. The first-order valence-corrected chi connectivity index (χ1v) is 10.6. The van der Waals surface area contributed by atoms with Crippen LogP contribution in [0.4, 0.5) is 0 Å². The average molecular weight is 383 g/mol. The molecule has 0 unspecified atom stereocenters. The summed E-state index contributed by atoms with van der Waals surface area (Å²) in [4.78, 5) is 12.3. The molecule has 0 saturated carbocycles. The molecule has 0 spiro atoms. The molecule has 0 saturated heterocycles. The molecule has 1 amide bonds. The number of aromatic nitrogens is 3. The predicted molar refractivity (Wildman–Crippen MR) is 114 cm³/mol. The molecule has 0 aliphatic heterocycles. The van der Waals surface area contributed by atoms with E-state index in [1.54, 1.807) is 4.68 Å². The second kappa shape index (κ2) is 12.9. The van der Waals surface area contributed by atoms with Crippen LogP contribution in [-0.2, 0) is 19.4 Å². The molecule has 0 bridgehead atoms. The maximum absolute atomic E-state index is 12.3. The number of allylic oxidation sites excluding steroid dienone is 1. The quantitative estimate of drug-likeness (QED) is 0.379. The summed E-state index contributed by atoms with van der Waals surface area (Å²) in [6.45, 7) is 7.12. The normalized spacial score (nSPS) is 10.8. The molecular weight excluding hydrogens is 348 g/mol. The van der Waals surface area contributed by atoms with Gasteiger partial charge in [0.15, 0.2) is 0 Å². The molecule has 1 aromatic carbocycles. The van der Waals surface area contributed by atoms with Gasteiger partial charge in [0.25, 0.3) is 5.91 Å². The third kappa shape index (κ3) is 8.07. The number of unbranched alkanes of at least 4 members (excludes halogenated alkanes) is 5. The lowest BCUT2D eigenvalue weighted by Gasteiger charge is -2.06. The Bertz CT molecular complexity index is 706. The van der Waals surface area contributed by atoms with Crippen molar-refractivity contribution in [2.45, 2.75) is 71.3 Å². The first-order chi connectivity index (χ1) is 13.7. The van der Waals surface area contributed by atoms with E-state index in [0.29, 0.717) is 18.7 Å². The number of carbonyl (C=O) groups excluding carboxylic acids is 1. The van der Waals surface area contributed by atoms with Crippen LogP contribution in [0.5, 0.6) is 0 Å². The number of aryl methyl sites for hydroxylation is 2. The monoisotopic (exact) mass is 382 g/mol. The van der Waals surface area contributed by atoms with Gasteiger partial charge in [-0.3, -0.25) is 9.48 Å². The average Bonchev–Trinajstić information content (AvgIpc) is 3.16. The number of hydrogen-bond acceptors (Lipinski definition) is 3. The van der Waals surface area contributed by atoms with Crippen LogP contribution >= 0.6 is 0 Å². The van der Waals surface area contributed by atoms with E-state index in [2.05, 4.69) is 41.3 Å². The van der Waals surface area contributed by atoms with Gasteiger partial charge in [-0.25, -0.2) is 0 Å². The van der Waals surface area contributed by atoms with Crippen molar-refractivity contribution >= 4 is 5.91 Å². The number of nitrogens with zero attached hydrogens (tertiary/aromatic N) is 3. The summed E-state index contributed by atoms with van der Waals surface area (Å²) in [7, 11) is 0. The number of hydrogen-bond donors (Lipinski definition) is 1. The number of rotatable bonds is 14. The molecule has 0 atom stereocenters. The highest BCUT2D eigenvalue weighted by atomic mass is 16.1. The van der Waals surface area contributed by atoms with Gasteiger partial charge in [-0.15, -0.1) is 11.7 Å². The highest BCUT2D eigenvalue weighted by Crippen LogP contribution is 2.09. The number of nitrogens with one attached hydrogen (secondary N) is 1. The van der Waals surface area contributed by atoms with E-state index >= 15 is 0 Å². The summed E-state index contributed by atoms with van der Waals surface area (Å²) in [6, 6.07) is 7.94. The van der Waals surface area contributed by atoms with Crippen LogP contribution < -0.4 is 5.32 Å². The van der Waals surface area contributed by atoms with Crippen molar-refractivity contribution in [3.05, 3.63) is 59.9 Å². The SMILES string of the molecule is C=CCCCCCc1cn(CCNC(=O)c2ccc(CCCCC)cc2)nn1. The summed E-state index contributed by atoms with van der Waals surface area (Å²) in [6.07, 6.45) is 14.2. The molecule has 1 heterocycles. The lowest BCUT2D eigenvalue weighted by molar-refractivity contribution is 0.0952. The first kappa shape index (κ1) is 21.9. The van der Waals surface area contributed by atoms with E-state index in [1.807, 2.05) is 24.4 Å². The van der Waals surface area contributed by atoms with Crippen molar-refractivity contribution in [2.75, 3.05) is 6.54 Å². The van der Waals surface area contributed by atoms with Gasteiger partial charge >= 0.3 is 0 Å². The Kier molecular flexibility index (Phi) is 10.0. The molecule has 0 fully saturated rings. The molecule has 1 aromatic heterocycles. The Labute approximate surface area is 169 Å². The van der Waals surface area contributed by atoms with Crippen molar-refractivity contribution in [1.29, 1.82) is 0 Å². The zero-order valence-corrected chi connectivity index (χ0v) is 17.2. The van der Waals surface area contributed by atoms with E-state index < -0.39 is 0 Å². The lowest BCUT2D eigenvalue weighted by Crippen LogP contribution is -2.27. The zero-order chi connectivity index (χ0) is 20.0. The fraction of sp³-hybridized carbons (Fsp3) is 0.522. The Morgan fingerprint density at radius 3 is 2.64 bits per heavy atom. The van der Waals surface area contributed by atoms with Gasteiger partial charge in [-0.1, -0.05) is 49.6 Å². The maximum Gasteiger partial charge on any atom is 0.251 e. The standard InChI is InChI=1S/C23H34N4O/c1-3-5-7-8-10-12-22-19-27(26-25-22)18-17-24-23(28)21-15-13-20(14-16-21)11-9-6-4-2/h3,13-16,19H,1,4-12,17-18H2,2H3,(H,24,28). The van der Waals surface area contributed by atoms with Crippen LogP contribution in [0, 0.1) is 0 Å². The summed E-state index contributed by atoms with van der Waals surface area (Å²) in [5.41, 5.74) is 3.02. The Morgan fingerprint density at radius 2 is 1.89 bits per heavy atom. The minimum atomic E-state index is -0.0392. The second-order valence-corrected chi connectivity index (χ2v) is 7.27. The summed E-state index contributed by atoms with van der Waals surface area (Å²) < 4.78 is 1.80. The van der Waals surface area contributed by atoms with E-state index in [-0.39, 0.29) is 5.91 Å². The predicted octanol–water partition coefficient (Wildman–Crippen LogP) is 4.73. The Hall–Kier alpha value is -2.43. The van der Waals surface area contributed by atoms with E-state index in [4.69, 9.17) is 0 Å². The van der Waals surface area contributed by atoms with Crippen molar-refractivity contribution in [2.24, 2.45) is 0 Å². The summed E-state index contributed by atoms with van der Waals surface area (Å²) in [5, 5.41) is 11.3. The molecule has 0 aliphatic carbocycles. The first-order valence-electron chi connectivity index (χ1n) is 10.6. The molecule has 1 N–H and O–H groups in total. The van der Waals surface area contributed by atoms with Crippen molar-refractivity contribution < 1.29 is 4.79 Å². The highest BCUT2D eigenvalue weighted by molar-refractivity contribution is 5.94. The molecule has 2 rings (SSSR count). The molecule has 0 radical (unpaired) electrons. The van der Waals surface area contributed by atoms with Gasteiger partial charge in [0.05, 0.1) is 12.2 Å². The van der Waals surface area contributed by atoms with Gasteiger partial charge in [0.2, 0.25) is 0 Å². The van der Waals surface area contributed by atoms with E-state index in [9.17, 15) is 4.79 Å². The largest absolute Gasteiger partial charge is 0.350 e. The fourth-order valence-corrected chi connectivity index (χ4v) is 3.12. The van der Waals surface area contributed by atoms with Crippen molar-refractivity contribution in [3.8, 4) is 0 Å². The van der Waals surface area contributed by atoms with Crippen LogP contribution in [-0.4, -0.2) is 27.4 Å². The van der Waals surface area contributed by atoms with Crippen molar-refractivity contribution in [1.82, 2.24) is 20.3 Å². The lowest BCUT2D eigenvalue weighted by atomic mass is 10.1. The van der Waals surface area contributed by atoms with Gasteiger partial charge in [-0.2, -0.15) is 0 Å². The van der Waals surface area contributed by atoms with Crippen molar-refractivity contribution in [3.63, 3.8) is 0 Å². The molecule has 5 nitrogen and oxygen atoms in total. The molecule has 5 heteroatoms. The molecule has 2 aromatic rings. The highest BCUT2D eigenvalue weighted by Gasteiger charge is 2.06. The molecule has 0 aliphatic rings. The zero-order valence-electron chi connectivity index (χ0n) is 17.2. The van der Waals surface area contributed by atoms with Gasteiger partial charge < -0.3 is 5.32 Å². The Balaban J connectivity index is 1.67. The Morgan fingerprint density at radius 1 is 1.11 bits per heavy atom. The van der Waals surface area contributed by atoms with E-state index in [1.165, 1.54) is 37.7 Å². The number of amides is 1. The van der Waals surface area contributed by atoms with Gasteiger partial charge in [0, 0.05) is 18.3 Å². The third-order valence-corrected chi connectivity index (χ3v) is 4.84. The third-order valence-electron chi connectivity index (χ3n) is 4.84. The molecular formula is C23H34N4O. The van der Waals surface area contributed by atoms with Crippen LogP contribution in [0.2, 0.25) is 0 Å². The van der Waals surface area contributed by atoms with Crippen LogP contribution in [0.15, 0.2) is 43.1 Å². The topological polar surface area (TPSA) is 59.8 Å². The second-order valence-electron chi connectivity index (χ2n) is 7.27. The smallest absolute Gasteiger partial charge is 0.251 e. The number of benzene rings is 1. The van der Waals surface area contributed by atoms with Crippen LogP contribution in [0.25, 0.3) is 0 Å².